The van der Waals surface area contributed by atoms with Crippen LogP contribution in [-0.4, -0.2) is 44.7 Å². The number of nitrogens with zero attached hydrogens (tertiary/aromatic N) is 1. The third-order valence-corrected chi connectivity index (χ3v) is 2.68. The van der Waals surface area contributed by atoms with Crippen molar-refractivity contribution in [3.05, 3.63) is 29.6 Å². The molecule has 0 fully saturated rings. The average molecular weight is 270 g/mol. The summed E-state index contributed by atoms with van der Waals surface area (Å²) in [5.74, 6) is -0.533. The highest BCUT2D eigenvalue weighted by Crippen LogP contribution is 2.18. The molecule has 0 aliphatic rings. The molecule has 0 spiro atoms. The van der Waals surface area contributed by atoms with Crippen molar-refractivity contribution in [1.29, 1.82) is 0 Å². The van der Waals surface area contributed by atoms with E-state index in [4.69, 9.17) is 15.2 Å². The number of amides is 1. The van der Waals surface area contributed by atoms with E-state index in [2.05, 4.69) is 0 Å². The van der Waals surface area contributed by atoms with E-state index in [0.717, 1.165) is 0 Å². The fourth-order valence-corrected chi connectivity index (χ4v) is 1.69. The molecule has 5 nitrogen and oxygen atoms in total. The predicted octanol–water partition coefficient (Wildman–Crippen LogP) is 0.766. The van der Waals surface area contributed by atoms with Gasteiger partial charge in [0.25, 0.3) is 0 Å². The summed E-state index contributed by atoms with van der Waals surface area (Å²) >= 11 is 0. The zero-order valence-electron chi connectivity index (χ0n) is 11.4. The first kappa shape index (κ1) is 15.4. The number of likely N-dealkylation sites (N-methyl/N-ethyl adjacent to an activating group) is 1. The molecule has 2 N–H and O–H groups in total. The molecule has 1 aromatic rings. The number of ether oxygens (including phenoxy) is 2. The van der Waals surface area contributed by atoms with Gasteiger partial charge in [-0.3, -0.25) is 4.79 Å². The smallest absolute Gasteiger partial charge is 0.241 e. The number of carbonyl (C=O) groups excluding carboxylic acids is 1. The first-order valence-electron chi connectivity index (χ1n) is 5.81. The molecule has 1 amide bonds. The Hall–Kier alpha value is -1.66. The van der Waals surface area contributed by atoms with Gasteiger partial charge in [-0.15, -0.1) is 0 Å². The predicted molar refractivity (Wildman–Crippen MR) is 69.3 cm³/mol. The van der Waals surface area contributed by atoms with Crippen LogP contribution in [-0.2, 0) is 16.1 Å². The molecule has 106 valence electrons. The van der Waals surface area contributed by atoms with Crippen molar-refractivity contribution in [2.24, 2.45) is 5.73 Å². The Labute approximate surface area is 112 Å². The molecule has 0 heterocycles. The van der Waals surface area contributed by atoms with Crippen molar-refractivity contribution in [3.63, 3.8) is 0 Å². The maximum Gasteiger partial charge on any atom is 0.241 e. The number of nitrogens with two attached hydrogens (primary N) is 1. The summed E-state index contributed by atoms with van der Waals surface area (Å²) in [5.41, 5.74) is 6.31. The first-order valence-corrected chi connectivity index (χ1v) is 5.81. The van der Waals surface area contributed by atoms with Crippen molar-refractivity contribution in [3.8, 4) is 5.75 Å². The van der Waals surface area contributed by atoms with E-state index >= 15 is 0 Å². The van der Waals surface area contributed by atoms with E-state index in [1.807, 2.05) is 0 Å². The average Bonchev–Trinajstić information content (AvgIpc) is 2.38. The molecular formula is C13H19FN2O3. The molecule has 6 heteroatoms. The first-order chi connectivity index (χ1) is 8.99. The lowest BCUT2D eigenvalue weighted by atomic mass is 10.2. The number of halogens is 1. The van der Waals surface area contributed by atoms with Gasteiger partial charge in [-0.05, 0) is 17.7 Å². The molecule has 0 radical (unpaired) electrons. The third kappa shape index (κ3) is 4.18. The Morgan fingerprint density at radius 1 is 1.47 bits per heavy atom. The second-order valence-electron chi connectivity index (χ2n) is 4.23. The summed E-state index contributed by atoms with van der Waals surface area (Å²) in [4.78, 5) is 13.3. The summed E-state index contributed by atoms with van der Waals surface area (Å²) in [6.45, 7) is 0.428. The Bertz CT molecular complexity index is 440. The fraction of sp³-hybridized carbons (Fsp3) is 0.462. The van der Waals surface area contributed by atoms with E-state index < -0.39 is 11.9 Å². The van der Waals surface area contributed by atoms with Gasteiger partial charge < -0.3 is 20.1 Å². The Balaban J connectivity index is 2.68. The fourth-order valence-electron chi connectivity index (χ4n) is 1.69. The molecule has 0 aromatic heterocycles. The Morgan fingerprint density at radius 2 is 2.16 bits per heavy atom. The highest BCUT2D eigenvalue weighted by molar-refractivity contribution is 5.81. The molecule has 1 rings (SSSR count). The Kier molecular flexibility index (Phi) is 5.72. The lowest BCUT2D eigenvalue weighted by Gasteiger charge is -2.21. The summed E-state index contributed by atoms with van der Waals surface area (Å²) in [5, 5.41) is 0. The van der Waals surface area contributed by atoms with Crippen LogP contribution in [0.2, 0.25) is 0 Å². The largest absolute Gasteiger partial charge is 0.494 e. The summed E-state index contributed by atoms with van der Waals surface area (Å²) in [7, 11) is 4.49. The minimum absolute atomic E-state index is 0.153. The number of hydrogen-bond donors (Lipinski definition) is 1. The van der Waals surface area contributed by atoms with E-state index in [1.165, 1.54) is 31.3 Å². The lowest BCUT2D eigenvalue weighted by Crippen LogP contribution is -2.44. The second kappa shape index (κ2) is 7.06. The van der Waals surface area contributed by atoms with Gasteiger partial charge in [0, 0.05) is 20.7 Å². The minimum Gasteiger partial charge on any atom is -0.494 e. The van der Waals surface area contributed by atoms with Crippen LogP contribution in [0.5, 0.6) is 5.75 Å². The normalized spacial score (nSPS) is 12.1. The van der Waals surface area contributed by atoms with Gasteiger partial charge in [0.2, 0.25) is 5.91 Å². The van der Waals surface area contributed by atoms with Gasteiger partial charge >= 0.3 is 0 Å². The molecule has 1 atom stereocenters. The topological polar surface area (TPSA) is 64.8 Å². The van der Waals surface area contributed by atoms with Gasteiger partial charge in [0.05, 0.1) is 13.7 Å². The lowest BCUT2D eigenvalue weighted by molar-refractivity contribution is -0.132. The highest BCUT2D eigenvalue weighted by Gasteiger charge is 2.18. The van der Waals surface area contributed by atoms with E-state index in [-0.39, 0.29) is 24.8 Å². The molecule has 0 saturated heterocycles. The highest BCUT2D eigenvalue weighted by atomic mass is 19.1. The van der Waals surface area contributed by atoms with Crippen LogP contribution >= 0.6 is 0 Å². The van der Waals surface area contributed by atoms with Crippen molar-refractivity contribution >= 4 is 5.91 Å². The molecule has 1 aromatic carbocycles. The van der Waals surface area contributed by atoms with Crippen LogP contribution < -0.4 is 10.5 Å². The van der Waals surface area contributed by atoms with Crippen LogP contribution in [0.15, 0.2) is 18.2 Å². The van der Waals surface area contributed by atoms with Crippen molar-refractivity contribution in [2.75, 3.05) is 27.9 Å². The SMILES string of the molecule is COCC(N)C(=O)N(C)Cc1ccc(OC)c(F)c1. The van der Waals surface area contributed by atoms with Gasteiger partial charge in [-0.2, -0.15) is 0 Å². The molecule has 0 saturated carbocycles. The summed E-state index contributed by atoms with van der Waals surface area (Å²) < 4.78 is 23.2. The monoisotopic (exact) mass is 270 g/mol. The quantitative estimate of drug-likeness (QED) is 0.829. The van der Waals surface area contributed by atoms with Gasteiger partial charge in [0.1, 0.15) is 6.04 Å². The van der Waals surface area contributed by atoms with Crippen molar-refractivity contribution in [1.82, 2.24) is 4.90 Å². The number of hydrogen-bond acceptors (Lipinski definition) is 4. The van der Waals surface area contributed by atoms with E-state index in [0.29, 0.717) is 5.56 Å². The molecule has 0 bridgehead atoms. The van der Waals surface area contributed by atoms with Crippen molar-refractivity contribution in [2.45, 2.75) is 12.6 Å². The maximum absolute atomic E-state index is 13.5. The third-order valence-electron chi connectivity index (χ3n) is 2.68. The molecule has 0 aliphatic carbocycles. The molecule has 1 unspecified atom stereocenters. The van der Waals surface area contributed by atoms with Gasteiger partial charge in [-0.25, -0.2) is 4.39 Å². The number of benzene rings is 1. The molecule has 19 heavy (non-hydrogen) atoms. The summed E-state index contributed by atoms with van der Waals surface area (Å²) in [6, 6.07) is 3.86. The van der Waals surface area contributed by atoms with Gasteiger partial charge in [-0.1, -0.05) is 6.07 Å². The summed E-state index contributed by atoms with van der Waals surface area (Å²) in [6.07, 6.45) is 0. The number of carbonyl (C=O) groups is 1. The molecule has 0 aliphatic heterocycles. The van der Waals surface area contributed by atoms with E-state index in [1.54, 1.807) is 13.1 Å². The maximum atomic E-state index is 13.5. The Morgan fingerprint density at radius 3 is 2.68 bits per heavy atom. The zero-order valence-corrected chi connectivity index (χ0v) is 11.4. The second-order valence-corrected chi connectivity index (χ2v) is 4.23. The van der Waals surface area contributed by atoms with Crippen LogP contribution in [0, 0.1) is 5.82 Å². The molecular weight excluding hydrogens is 251 g/mol. The number of rotatable bonds is 6. The van der Waals surface area contributed by atoms with Crippen LogP contribution in [0.3, 0.4) is 0 Å². The van der Waals surface area contributed by atoms with Crippen LogP contribution in [0.4, 0.5) is 4.39 Å². The number of methoxy groups -OCH3 is 2. The van der Waals surface area contributed by atoms with Gasteiger partial charge in [0.15, 0.2) is 11.6 Å². The zero-order chi connectivity index (χ0) is 14.4. The standard InChI is InChI=1S/C13H19FN2O3/c1-16(13(17)11(15)8-18-2)7-9-4-5-12(19-3)10(14)6-9/h4-6,11H,7-8,15H2,1-3H3. The van der Waals surface area contributed by atoms with Crippen LogP contribution in [0.1, 0.15) is 5.56 Å². The van der Waals surface area contributed by atoms with Crippen LogP contribution in [0.25, 0.3) is 0 Å². The van der Waals surface area contributed by atoms with Crippen molar-refractivity contribution < 1.29 is 18.7 Å². The minimum atomic E-state index is -0.710. The van der Waals surface area contributed by atoms with E-state index in [9.17, 15) is 9.18 Å².